The second-order valence-electron chi connectivity index (χ2n) is 6.71. The van der Waals surface area contributed by atoms with E-state index in [2.05, 4.69) is 43.6 Å². The number of para-hydroxylation sites is 1. The van der Waals surface area contributed by atoms with Crippen LogP contribution in [-0.2, 0) is 13.0 Å². The van der Waals surface area contributed by atoms with E-state index < -0.39 is 17.4 Å². The minimum atomic E-state index is -1.34. The molecule has 2 heterocycles. The summed E-state index contributed by atoms with van der Waals surface area (Å²) in [6.45, 7) is 1.40. The summed E-state index contributed by atoms with van der Waals surface area (Å²) in [5.41, 5.74) is 3.65. The van der Waals surface area contributed by atoms with Crippen LogP contribution in [0.1, 0.15) is 17.5 Å². The van der Waals surface area contributed by atoms with Gasteiger partial charge in [0, 0.05) is 18.8 Å². The van der Waals surface area contributed by atoms with Crippen LogP contribution in [0.5, 0.6) is 0 Å². The third-order valence-corrected chi connectivity index (χ3v) is 5.57. The zero-order chi connectivity index (χ0) is 19.1. The number of aliphatic hydroxyl groups excluding tert-OH is 2. The van der Waals surface area contributed by atoms with E-state index in [1.807, 2.05) is 12.1 Å². The van der Waals surface area contributed by atoms with Gasteiger partial charge >= 0.3 is 5.69 Å². The van der Waals surface area contributed by atoms with Gasteiger partial charge in [-0.3, -0.25) is 10.1 Å². The zero-order valence-electron chi connectivity index (χ0n) is 14.4. The maximum Gasteiger partial charge on any atom is 0.308 e. The Bertz CT molecular complexity index is 907. The van der Waals surface area contributed by atoms with Crippen LogP contribution in [-0.4, -0.2) is 34.1 Å². The van der Waals surface area contributed by atoms with Crippen molar-refractivity contribution in [2.75, 3.05) is 22.1 Å². The summed E-state index contributed by atoms with van der Waals surface area (Å²) in [6, 6.07) is 9.91. The topological polar surface area (TPSA) is 111 Å². The van der Waals surface area contributed by atoms with Crippen molar-refractivity contribution in [1.82, 2.24) is 0 Å². The lowest BCUT2D eigenvalue weighted by Crippen LogP contribution is -2.43. The minimum absolute atomic E-state index is 0.174. The van der Waals surface area contributed by atoms with E-state index in [-0.39, 0.29) is 11.4 Å². The lowest BCUT2D eigenvalue weighted by molar-refractivity contribution is -0.384. The van der Waals surface area contributed by atoms with E-state index in [0.717, 1.165) is 30.6 Å². The molecule has 0 saturated carbocycles. The first-order chi connectivity index (χ1) is 13.0. The number of fused-ring (bicyclic) bond motifs is 2. The van der Waals surface area contributed by atoms with Crippen LogP contribution in [0, 0.1) is 10.1 Å². The molecule has 27 heavy (non-hydrogen) atoms. The van der Waals surface area contributed by atoms with Crippen molar-refractivity contribution in [1.29, 1.82) is 0 Å². The quantitative estimate of drug-likeness (QED) is 0.434. The highest BCUT2D eigenvalue weighted by molar-refractivity contribution is 9.10. The molecule has 8 nitrogen and oxygen atoms in total. The van der Waals surface area contributed by atoms with Crippen molar-refractivity contribution < 1.29 is 15.1 Å². The second-order valence-corrected chi connectivity index (χ2v) is 7.56. The molecular formula is C18H19BrN4O4. The van der Waals surface area contributed by atoms with E-state index in [9.17, 15) is 20.3 Å². The molecule has 4 N–H and O–H groups in total. The average molecular weight is 435 g/mol. The van der Waals surface area contributed by atoms with Crippen LogP contribution >= 0.6 is 15.9 Å². The first-order valence-electron chi connectivity index (χ1n) is 8.67. The maximum atomic E-state index is 11.5. The molecule has 2 aromatic carbocycles. The van der Waals surface area contributed by atoms with Gasteiger partial charge in [-0.05, 0) is 52.0 Å². The molecule has 142 valence electrons. The number of nitrogens with zero attached hydrogens (tertiary/aromatic N) is 2. The molecule has 2 aromatic rings. The summed E-state index contributed by atoms with van der Waals surface area (Å²) < 4.78 is 0.324. The molecule has 0 radical (unpaired) electrons. The van der Waals surface area contributed by atoms with Gasteiger partial charge in [0.1, 0.15) is 5.69 Å². The standard InChI is InChI=1S/C18H19BrN4O4/c19-12-8-11(9-22-7-3-5-10-4-1-2-6-13(10)22)14-15(16(12)23(26)27)21-18(25)17(24)20-14/h1-2,4,6,8,17-18,20-21,24-25H,3,5,7,9H2. The third kappa shape index (κ3) is 3.22. The normalized spacial score (nSPS) is 20.9. The fourth-order valence-corrected chi connectivity index (χ4v) is 4.35. The summed E-state index contributed by atoms with van der Waals surface area (Å²) in [5, 5.41) is 36.8. The Balaban J connectivity index is 1.77. The van der Waals surface area contributed by atoms with Crippen LogP contribution in [0.15, 0.2) is 34.8 Å². The molecule has 2 aliphatic heterocycles. The van der Waals surface area contributed by atoms with E-state index in [1.165, 1.54) is 5.56 Å². The second kappa shape index (κ2) is 6.99. The zero-order valence-corrected chi connectivity index (χ0v) is 15.9. The maximum absolute atomic E-state index is 11.5. The van der Waals surface area contributed by atoms with E-state index in [0.29, 0.717) is 16.7 Å². The van der Waals surface area contributed by atoms with Crippen LogP contribution in [0.4, 0.5) is 22.7 Å². The van der Waals surface area contributed by atoms with Crippen molar-refractivity contribution >= 4 is 38.7 Å². The van der Waals surface area contributed by atoms with Gasteiger partial charge in [-0.2, -0.15) is 0 Å². The molecule has 0 spiro atoms. The molecule has 9 heteroatoms. The molecule has 2 atom stereocenters. The Kier molecular flexibility index (Phi) is 4.67. The van der Waals surface area contributed by atoms with Crippen LogP contribution in [0.3, 0.4) is 0 Å². The fourth-order valence-electron chi connectivity index (χ4n) is 3.74. The fraction of sp³-hybridized carbons (Fsp3) is 0.333. The number of hydrogen-bond donors (Lipinski definition) is 4. The Morgan fingerprint density at radius 2 is 1.93 bits per heavy atom. The number of nitrogens with one attached hydrogen (secondary N) is 2. The van der Waals surface area contributed by atoms with E-state index in [4.69, 9.17) is 0 Å². The molecule has 0 aromatic heterocycles. The number of benzene rings is 2. The number of anilines is 3. The number of aliphatic hydroxyl groups is 2. The minimum Gasteiger partial charge on any atom is -0.369 e. The molecule has 0 fully saturated rings. The highest BCUT2D eigenvalue weighted by Gasteiger charge is 2.34. The predicted octanol–water partition coefficient (Wildman–Crippen LogP) is 2.78. The first-order valence-corrected chi connectivity index (χ1v) is 9.47. The van der Waals surface area contributed by atoms with Gasteiger partial charge < -0.3 is 25.7 Å². The number of halogens is 1. The van der Waals surface area contributed by atoms with Gasteiger partial charge in [-0.1, -0.05) is 18.2 Å². The Hall–Kier alpha value is -2.36. The Morgan fingerprint density at radius 3 is 2.67 bits per heavy atom. The average Bonchev–Trinajstić information content (AvgIpc) is 2.63. The molecule has 4 rings (SSSR count). The molecule has 0 amide bonds. The van der Waals surface area contributed by atoms with E-state index >= 15 is 0 Å². The molecular weight excluding hydrogens is 416 g/mol. The molecule has 0 bridgehead atoms. The van der Waals surface area contributed by atoms with Crippen molar-refractivity contribution in [3.63, 3.8) is 0 Å². The SMILES string of the molecule is O=[N+]([O-])c1c(Br)cc(CN2CCCc3ccccc32)c2c1NC(O)C(O)N2. The summed E-state index contributed by atoms with van der Waals surface area (Å²) in [6.07, 6.45) is -0.542. The Labute approximate surface area is 164 Å². The number of nitro groups is 1. The molecule has 0 aliphatic carbocycles. The monoisotopic (exact) mass is 434 g/mol. The summed E-state index contributed by atoms with van der Waals surface area (Å²) >= 11 is 3.29. The largest absolute Gasteiger partial charge is 0.369 e. The van der Waals surface area contributed by atoms with Crippen LogP contribution < -0.4 is 15.5 Å². The first kappa shape index (κ1) is 18.0. The Morgan fingerprint density at radius 1 is 1.22 bits per heavy atom. The van der Waals surface area contributed by atoms with Gasteiger partial charge in [0.25, 0.3) is 0 Å². The predicted molar refractivity (Wildman–Crippen MR) is 106 cm³/mol. The number of nitro benzene ring substituents is 1. The molecule has 2 unspecified atom stereocenters. The van der Waals surface area contributed by atoms with Crippen molar-refractivity contribution in [3.05, 3.63) is 56.0 Å². The molecule has 0 saturated heterocycles. The smallest absolute Gasteiger partial charge is 0.308 e. The summed E-state index contributed by atoms with van der Waals surface area (Å²) in [4.78, 5) is 13.2. The van der Waals surface area contributed by atoms with E-state index in [1.54, 1.807) is 6.07 Å². The van der Waals surface area contributed by atoms with Gasteiger partial charge in [0.05, 0.1) is 15.1 Å². The third-order valence-electron chi connectivity index (χ3n) is 4.97. The highest BCUT2D eigenvalue weighted by atomic mass is 79.9. The number of hydrogen-bond acceptors (Lipinski definition) is 7. The van der Waals surface area contributed by atoms with Crippen molar-refractivity contribution in [2.24, 2.45) is 0 Å². The highest BCUT2D eigenvalue weighted by Crippen LogP contribution is 2.44. The summed E-state index contributed by atoms with van der Waals surface area (Å²) in [5.74, 6) is 0. The van der Waals surface area contributed by atoms with Crippen LogP contribution in [0.25, 0.3) is 0 Å². The number of aryl methyl sites for hydroxylation is 1. The van der Waals surface area contributed by atoms with Gasteiger partial charge in [0.15, 0.2) is 12.5 Å². The molecule has 2 aliphatic rings. The van der Waals surface area contributed by atoms with Crippen molar-refractivity contribution in [3.8, 4) is 0 Å². The lowest BCUT2D eigenvalue weighted by atomic mass is 10.00. The lowest BCUT2D eigenvalue weighted by Gasteiger charge is -2.35. The van der Waals surface area contributed by atoms with Crippen molar-refractivity contribution in [2.45, 2.75) is 31.8 Å². The van der Waals surface area contributed by atoms with Gasteiger partial charge in [-0.25, -0.2) is 0 Å². The van der Waals surface area contributed by atoms with Gasteiger partial charge in [-0.15, -0.1) is 0 Å². The van der Waals surface area contributed by atoms with Crippen LogP contribution in [0.2, 0.25) is 0 Å². The number of rotatable bonds is 3. The summed E-state index contributed by atoms with van der Waals surface area (Å²) in [7, 11) is 0. The van der Waals surface area contributed by atoms with Gasteiger partial charge in [0.2, 0.25) is 0 Å².